The normalized spacial score (nSPS) is 11.9. The van der Waals surface area contributed by atoms with Crippen molar-refractivity contribution in [1.82, 2.24) is 0 Å². The smallest absolute Gasteiger partial charge is 0.550 e. The van der Waals surface area contributed by atoms with Gasteiger partial charge in [-0.15, -0.1) is 0 Å². The molecule has 0 radical (unpaired) electrons. The molecular formula is C32H48O16Ti2. The minimum atomic E-state index is -1.14. The molecule has 4 unspecified atom stereocenters. The van der Waals surface area contributed by atoms with Crippen LogP contribution in [0.4, 0.5) is 0 Å². The Morgan fingerprint density at radius 2 is 0.480 bits per heavy atom. The van der Waals surface area contributed by atoms with Crippen LogP contribution in [0.1, 0.15) is 130 Å². The van der Waals surface area contributed by atoms with Crippen molar-refractivity contribution in [2.45, 2.75) is 130 Å². The average Bonchev–Trinajstić information content (AvgIpc) is 2.97. The molecule has 0 rings (SSSR count). The van der Waals surface area contributed by atoms with Crippen LogP contribution >= 0.6 is 0 Å². The summed E-state index contributed by atoms with van der Waals surface area (Å²) in [6, 6.07) is 0. The maximum atomic E-state index is 10.3. The topological polar surface area (TPSA) is 321 Å². The molecule has 0 amide bonds. The molecule has 0 N–H and O–H groups in total. The quantitative estimate of drug-likeness (QED) is 0.0825. The Labute approximate surface area is 323 Å². The first-order valence-electron chi connectivity index (χ1n) is 15.9. The number of carbonyl (C=O) groups is 8. The fourth-order valence-electron chi connectivity index (χ4n) is 3.93. The van der Waals surface area contributed by atoms with Crippen LogP contribution in [0, 0.1) is 23.7 Å². The number of carboxylic acids is 8. The van der Waals surface area contributed by atoms with Gasteiger partial charge in [0.25, 0.3) is 0 Å². The number of aliphatic carboxylic acids is 8. The molecule has 0 spiro atoms. The Morgan fingerprint density at radius 1 is 0.340 bits per heavy atom. The number of carboxylic acid groups (broad SMARTS) is 8. The molecule has 16 nitrogen and oxygen atoms in total. The molecule has 0 aliphatic carbocycles. The Hall–Kier alpha value is -2.81. The summed E-state index contributed by atoms with van der Waals surface area (Å²) in [4.78, 5) is 81.2. The van der Waals surface area contributed by atoms with Crippen molar-refractivity contribution in [3.05, 3.63) is 0 Å². The summed E-state index contributed by atoms with van der Waals surface area (Å²) < 4.78 is 0. The summed E-state index contributed by atoms with van der Waals surface area (Å²) in [5, 5.41) is 81.2. The first-order valence-corrected chi connectivity index (χ1v) is 15.9. The van der Waals surface area contributed by atoms with E-state index >= 15 is 0 Å². The van der Waals surface area contributed by atoms with E-state index in [4.69, 9.17) is 0 Å². The summed E-state index contributed by atoms with van der Waals surface area (Å²) >= 11 is 0. The molecule has 0 aliphatic heterocycles. The molecule has 0 fully saturated rings. The summed E-state index contributed by atoms with van der Waals surface area (Å²) in [5.74, 6) is -11.0. The van der Waals surface area contributed by atoms with Gasteiger partial charge >= 0.3 is 43.4 Å². The van der Waals surface area contributed by atoms with E-state index in [1.165, 1.54) is 0 Å². The first-order chi connectivity index (χ1) is 22.3. The van der Waals surface area contributed by atoms with Gasteiger partial charge in [0.1, 0.15) is 0 Å². The Morgan fingerprint density at radius 3 is 0.560 bits per heavy atom. The van der Waals surface area contributed by atoms with Crippen LogP contribution in [0.15, 0.2) is 0 Å². The molecular weight excluding hydrogens is 736 g/mol. The van der Waals surface area contributed by atoms with Gasteiger partial charge in [0.15, 0.2) is 0 Å². The molecule has 0 aromatic carbocycles. The van der Waals surface area contributed by atoms with Gasteiger partial charge in [-0.2, -0.15) is 0 Å². The van der Waals surface area contributed by atoms with Crippen LogP contribution in [-0.2, 0) is 81.8 Å². The summed E-state index contributed by atoms with van der Waals surface area (Å²) in [6.07, 6.45) is 4.39. The van der Waals surface area contributed by atoms with Gasteiger partial charge in [-0.1, -0.05) is 27.7 Å². The Balaban J connectivity index is -0.000000127. The number of hydrogen-bond donors (Lipinski definition) is 0. The molecule has 280 valence electrons. The number of hydrogen-bond acceptors (Lipinski definition) is 16. The van der Waals surface area contributed by atoms with Crippen LogP contribution in [0.25, 0.3) is 0 Å². The van der Waals surface area contributed by atoms with Gasteiger partial charge < -0.3 is 79.2 Å². The molecule has 0 bridgehead atoms. The maximum absolute atomic E-state index is 10.3. The third-order valence-electron chi connectivity index (χ3n) is 7.04. The van der Waals surface area contributed by atoms with Gasteiger partial charge in [0, 0.05) is 47.8 Å². The van der Waals surface area contributed by atoms with Gasteiger partial charge in [0.2, 0.25) is 0 Å². The zero-order valence-electron chi connectivity index (χ0n) is 29.2. The third kappa shape index (κ3) is 43.2. The van der Waals surface area contributed by atoms with Crippen molar-refractivity contribution < 1.29 is 123 Å². The standard InChI is InChI=1S/4C8H14O4.2Ti/c4*1-2-6(8(11)12)4-3-5-7(9)10;;/h4*6H,2-5H2,1H3,(H,9,10)(H,11,12);;/q;;;;2*+4/p-8. The monoisotopic (exact) mass is 784 g/mol. The minimum Gasteiger partial charge on any atom is -0.550 e. The largest absolute Gasteiger partial charge is 4.00 e. The third-order valence-corrected chi connectivity index (χ3v) is 7.04. The number of carbonyl (C=O) groups excluding carboxylic acids is 8. The summed E-state index contributed by atoms with van der Waals surface area (Å²) in [6.45, 7) is 6.94. The van der Waals surface area contributed by atoms with Gasteiger partial charge in [-0.25, -0.2) is 0 Å². The maximum Gasteiger partial charge on any atom is 4.00 e. The van der Waals surface area contributed by atoms with E-state index in [0.717, 1.165) is 0 Å². The van der Waals surface area contributed by atoms with E-state index in [9.17, 15) is 79.2 Å². The van der Waals surface area contributed by atoms with Crippen molar-refractivity contribution in [3.63, 3.8) is 0 Å². The second kappa shape index (κ2) is 39.0. The Bertz CT molecular complexity index is 822. The van der Waals surface area contributed by atoms with E-state index in [0.29, 0.717) is 77.0 Å². The van der Waals surface area contributed by atoms with E-state index in [1.807, 2.05) is 0 Å². The molecule has 18 heteroatoms. The zero-order chi connectivity index (χ0) is 38.2. The van der Waals surface area contributed by atoms with Crippen molar-refractivity contribution in [2.75, 3.05) is 0 Å². The van der Waals surface area contributed by atoms with Crippen molar-refractivity contribution in [3.8, 4) is 0 Å². The fourth-order valence-corrected chi connectivity index (χ4v) is 3.93. The Kier molecular flexibility index (Phi) is 46.3. The van der Waals surface area contributed by atoms with Gasteiger partial charge in [-0.05, 0) is 126 Å². The number of rotatable bonds is 24. The minimum absolute atomic E-state index is 0. The van der Waals surface area contributed by atoms with Gasteiger partial charge in [0.05, 0.1) is 0 Å². The predicted molar refractivity (Wildman–Crippen MR) is 151 cm³/mol. The van der Waals surface area contributed by atoms with Crippen LogP contribution in [0.3, 0.4) is 0 Å². The summed E-state index contributed by atoms with van der Waals surface area (Å²) in [7, 11) is 0. The zero-order valence-corrected chi connectivity index (χ0v) is 32.3. The second-order valence-electron chi connectivity index (χ2n) is 10.8. The van der Waals surface area contributed by atoms with Crippen molar-refractivity contribution in [2.24, 2.45) is 23.7 Å². The SMILES string of the molecule is CCC(CCCC(=O)[O-])C(=O)[O-].CCC(CCCC(=O)[O-])C(=O)[O-].CCC(CCCC(=O)[O-])C(=O)[O-].CCC(CCCC(=O)[O-])C(=O)[O-].[Ti+4].[Ti+4]. The molecule has 0 saturated heterocycles. The second-order valence-corrected chi connectivity index (χ2v) is 10.8. The molecule has 50 heavy (non-hydrogen) atoms. The molecule has 0 aromatic rings. The van der Waals surface area contributed by atoms with Crippen LogP contribution in [0.5, 0.6) is 0 Å². The summed E-state index contributed by atoms with van der Waals surface area (Å²) in [5.41, 5.74) is 0. The van der Waals surface area contributed by atoms with Crippen LogP contribution < -0.4 is 40.9 Å². The van der Waals surface area contributed by atoms with E-state index in [-0.39, 0.29) is 69.1 Å². The van der Waals surface area contributed by atoms with Crippen LogP contribution in [-0.4, -0.2) is 47.8 Å². The predicted octanol–water partition coefficient (Wildman–Crippen LogP) is -5.27. The molecule has 0 heterocycles. The van der Waals surface area contributed by atoms with Gasteiger partial charge in [-0.3, -0.25) is 0 Å². The van der Waals surface area contributed by atoms with Crippen molar-refractivity contribution in [1.29, 1.82) is 0 Å². The molecule has 0 saturated carbocycles. The van der Waals surface area contributed by atoms with E-state index < -0.39 is 71.4 Å². The van der Waals surface area contributed by atoms with E-state index in [1.54, 1.807) is 27.7 Å². The molecule has 0 aliphatic rings. The molecule has 4 atom stereocenters. The molecule has 0 aromatic heterocycles. The van der Waals surface area contributed by atoms with E-state index in [2.05, 4.69) is 0 Å². The van der Waals surface area contributed by atoms with Crippen LogP contribution in [0.2, 0.25) is 0 Å². The first kappa shape index (κ1) is 59.3. The fraction of sp³-hybridized carbons (Fsp3) is 0.750. The van der Waals surface area contributed by atoms with Crippen molar-refractivity contribution >= 4 is 47.8 Å². The average molecular weight is 784 g/mol.